The van der Waals surface area contributed by atoms with Crippen molar-refractivity contribution < 1.29 is 14.3 Å². The fraction of sp³-hybridized carbons (Fsp3) is 0.130. The Morgan fingerprint density at radius 1 is 1.00 bits per heavy atom. The normalized spacial score (nSPS) is 10.8. The first-order chi connectivity index (χ1) is 13.6. The third-order valence-corrected chi connectivity index (χ3v) is 4.53. The molecule has 3 aromatic carbocycles. The molecule has 0 saturated carbocycles. The monoisotopic (exact) mass is 372 g/mol. The van der Waals surface area contributed by atoms with E-state index in [1.54, 1.807) is 7.11 Å². The van der Waals surface area contributed by atoms with E-state index in [0.29, 0.717) is 11.5 Å². The zero-order chi connectivity index (χ0) is 19.5. The number of aromatic nitrogens is 1. The van der Waals surface area contributed by atoms with Gasteiger partial charge in [-0.15, -0.1) is 0 Å². The average Bonchev–Trinajstić information content (AvgIpc) is 2.72. The minimum atomic E-state index is -0.220. The Balaban J connectivity index is 1.55. The van der Waals surface area contributed by atoms with Crippen LogP contribution in [-0.2, 0) is 4.79 Å². The number of benzene rings is 3. The van der Waals surface area contributed by atoms with E-state index in [1.165, 1.54) is 0 Å². The fourth-order valence-corrected chi connectivity index (χ4v) is 3.21. The Hall–Kier alpha value is -3.60. The molecule has 1 heterocycles. The van der Waals surface area contributed by atoms with Gasteiger partial charge in [-0.3, -0.25) is 9.78 Å². The second-order valence-electron chi connectivity index (χ2n) is 6.51. The van der Waals surface area contributed by atoms with Crippen LogP contribution in [0.15, 0.2) is 66.7 Å². The number of carbonyl (C=O) groups excluding carboxylic acids is 1. The number of hydrogen-bond donors (Lipinski definition) is 1. The molecule has 0 unspecified atom stereocenters. The van der Waals surface area contributed by atoms with Crippen molar-refractivity contribution in [1.29, 1.82) is 0 Å². The van der Waals surface area contributed by atoms with Gasteiger partial charge in [0.2, 0.25) is 0 Å². The second kappa shape index (κ2) is 7.56. The number of nitrogens with one attached hydrogen (secondary N) is 1. The van der Waals surface area contributed by atoms with Crippen LogP contribution in [0.3, 0.4) is 0 Å². The lowest BCUT2D eigenvalue weighted by Crippen LogP contribution is -2.20. The molecule has 5 nitrogen and oxygen atoms in total. The highest BCUT2D eigenvalue weighted by molar-refractivity contribution is 6.02. The van der Waals surface area contributed by atoms with E-state index in [9.17, 15) is 4.79 Å². The summed E-state index contributed by atoms with van der Waals surface area (Å²) < 4.78 is 11.1. The number of ether oxygens (including phenoxy) is 2. The van der Waals surface area contributed by atoms with E-state index in [-0.39, 0.29) is 12.5 Å². The first-order valence-electron chi connectivity index (χ1n) is 9.00. The molecule has 1 amide bonds. The molecule has 5 heteroatoms. The Morgan fingerprint density at radius 3 is 2.68 bits per heavy atom. The first-order valence-corrected chi connectivity index (χ1v) is 9.00. The number of fused-ring (bicyclic) bond motifs is 2. The van der Waals surface area contributed by atoms with Crippen molar-refractivity contribution in [2.24, 2.45) is 0 Å². The van der Waals surface area contributed by atoms with Gasteiger partial charge in [0.25, 0.3) is 5.91 Å². The summed E-state index contributed by atoms with van der Waals surface area (Å²) in [5.41, 5.74) is 2.39. The number of nitrogens with zero attached hydrogens (tertiary/aromatic N) is 1. The molecule has 0 aliphatic heterocycles. The first kappa shape index (κ1) is 17.8. The quantitative estimate of drug-likeness (QED) is 0.550. The zero-order valence-corrected chi connectivity index (χ0v) is 15.7. The molecular weight excluding hydrogens is 352 g/mol. The van der Waals surface area contributed by atoms with Crippen molar-refractivity contribution in [3.05, 3.63) is 72.4 Å². The van der Waals surface area contributed by atoms with E-state index < -0.39 is 0 Å². The van der Waals surface area contributed by atoms with Gasteiger partial charge in [0.1, 0.15) is 11.5 Å². The molecule has 0 spiro atoms. The van der Waals surface area contributed by atoms with E-state index in [2.05, 4.69) is 10.3 Å². The summed E-state index contributed by atoms with van der Waals surface area (Å²) in [6.07, 6.45) is 0. The topological polar surface area (TPSA) is 60.5 Å². The number of hydrogen-bond acceptors (Lipinski definition) is 4. The van der Waals surface area contributed by atoms with Crippen LogP contribution < -0.4 is 14.8 Å². The lowest BCUT2D eigenvalue weighted by atomic mass is 10.1. The summed E-state index contributed by atoms with van der Waals surface area (Å²) >= 11 is 0. The fourth-order valence-electron chi connectivity index (χ4n) is 3.21. The van der Waals surface area contributed by atoms with E-state index >= 15 is 0 Å². The Kier molecular flexibility index (Phi) is 4.81. The van der Waals surface area contributed by atoms with Crippen LogP contribution in [0.2, 0.25) is 0 Å². The predicted molar refractivity (Wildman–Crippen MR) is 111 cm³/mol. The van der Waals surface area contributed by atoms with Crippen LogP contribution in [0, 0.1) is 6.92 Å². The van der Waals surface area contributed by atoms with E-state index in [4.69, 9.17) is 9.47 Å². The van der Waals surface area contributed by atoms with Gasteiger partial charge in [0.15, 0.2) is 6.61 Å². The number of aryl methyl sites for hydroxylation is 1. The number of anilines is 1. The third-order valence-electron chi connectivity index (χ3n) is 4.53. The summed E-state index contributed by atoms with van der Waals surface area (Å²) in [6, 6.07) is 21.2. The van der Waals surface area contributed by atoms with Gasteiger partial charge in [0, 0.05) is 28.2 Å². The minimum absolute atomic E-state index is 0.0982. The largest absolute Gasteiger partial charge is 0.497 e. The molecule has 4 rings (SSSR count). The second-order valence-corrected chi connectivity index (χ2v) is 6.51. The smallest absolute Gasteiger partial charge is 0.262 e. The Bertz CT molecular complexity index is 1170. The van der Waals surface area contributed by atoms with Crippen LogP contribution in [0.1, 0.15) is 5.69 Å². The van der Waals surface area contributed by atoms with Crippen LogP contribution in [-0.4, -0.2) is 24.6 Å². The van der Waals surface area contributed by atoms with Gasteiger partial charge >= 0.3 is 0 Å². The van der Waals surface area contributed by atoms with Crippen molar-refractivity contribution >= 4 is 33.3 Å². The van der Waals surface area contributed by atoms with Crippen molar-refractivity contribution in [1.82, 2.24) is 4.98 Å². The number of carbonyl (C=O) groups is 1. The molecule has 4 aromatic rings. The van der Waals surface area contributed by atoms with Crippen molar-refractivity contribution in [2.75, 3.05) is 19.0 Å². The summed E-state index contributed by atoms with van der Waals surface area (Å²) in [6.45, 7) is 1.80. The standard InChI is InChI=1S/C23H20N2O3/c1-15-12-22(19-13-17(27-2)10-11-21(19)24-15)28-14-23(26)25-20-9-5-7-16-6-3-4-8-18(16)20/h3-13H,14H2,1-2H3,(H,25,26). The Morgan fingerprint density at radius 2 is 1.82 bits per heavy atom. The molecule has 0 saturated heterocycles. The molecule has 0 aliphatic carbocycles. The number of pyridine rings is 1. The maximum absolute atomic E-state index is 12.5. The maximum atomic E-state index is 12.5. The van der Waals surface area contributed by atoms with Gasteiger partial charge in [0.05, 0.1) is 12.6 Å². The lowest BCUT2D eigenvalue weighted by molar-refractivity contribution is -0.118. The van der Waals surface area contributed by atoms with Gasteiger partial charge in [-0.05, 0) is 36.6 Å². The molecule has 140 valence electrons. The van der Waals surface area contributed by atoms with Gasteiger partial charge in [-0.2, -0.15) is 0 Å². The highest BCUT2D eigenvalue weighted by atomic mass is 16.5. The van der Waals surface area contributed by atoms with E-state index in [1.807, 2.05) is 73.7 Å². The molecule has 0 radical (unpaired) electrons. The highest BCUT2D eigenvalue weighted by Crippen LogP contribution is 2.29. The molecular formula is C23H20N2O3. The minimum Gasteiger partial charge on any atom is -0.497 e. The van der Waals surface area contributed by atoms with Crippen LogP contribution in [0.4, 0.5) is 5.69 Å². The third kappa shape index (κ3) is 3.60. The van der Waals surface area contributed by atoms with Crippen molar-refractivity contribution in [3.8, 4) is 11.5 Å². The van der Waals surface area contributed by atoms with Gasteiger partial charge in [-0.25, -0.2) is 0 Å². The molecule has 28 heavy (non-hydrogen) atoms. The van der Waals surface area contributed by atoms with Crippen LogP contribution >= 0.6 is 0 Å². The Labute approximate surface area is 162 Å². The maximum Gasteiger partial charge on any atom is 0.262 e. The summed E-state index contributed by atoms with van der Waals surface area (Å²) in [5, 5.41) is 5.81. The average molecular weight is 372 g/mol. The molecule has 0 atom stereocenters. The van der Waals surface area contributed by atoms with Crippen molar-refractivity contribution in [3.63, 3.8) is 0 Å². The number of methoxy groups -OCH3 is 1. The molecule has 1 N–H and O–H groups in total. The lowest BCUT2D eigenvalue weighted by Gasteiger charge is -2.12. The van der Waals surface area contributed by atoms with Crippen LogP contribution in [0.5, 0.6) is 11.5 Å². The summed E-state index contributed by atoms with van der Waals surface area (Å²) in [5.74, 6) is 1.10. The summed E-state index contributed by atoms with van der Waals surface area (Å²) in [4.78, 5) is 17.0. The van der Waals surface area contributed by atoms with Crippen LogP contribution in [0.25, 0.3) is 21.7 Å². The predicted octanol–water partition coefficient (Wildman–Crippen LogP) is 4.72. The number of amides is 1. The molecule has 0 bridgehead atoms. The molecule has 1 aromatic heterocycles. The molecule has 0 aliphatic rings. The van der Waals surface area contributed by atoms with Gasteiger partial charge < -0.3 is 14.8 Å². The zero-order valence-electron chi connectivity index (χ0n) is 15.7. The SMILES string of the molecule is COc1ccc2nc(C)cc(OCC(=O)Nc3cccc4ccccc34)c2c1. The van der Waals surface area contributed by atoms with Gasteiger partial charge in [-0.1, -0.05) is 36.4 Å². The summed E-state index contributed by atoms with van der Waals surface area (Å²) in [7, 11) is 1.61. The number of rotatable bonds is 5. The highest BCUT2D eigenvalue weighted by Gasteiger charge is 2.10. The van der Waals surface area contributed by atoms with Crippen molar-refractivity contribution in [2.45, 2.75) is 6.92 Å². The molecule has 0 fully saturated rings. The van der Waals surface area contributed by atoms with E-state index in [0.717, 1.165) is 33.1 Å².